The maximum atomic E-state index is 14.5. The molecule has 2 heterocycles. The number of nitrogens with zero attached hydrogens (tertiary/aromatic N) is 3. The van der Waals surface area contributed by atoms with Crippen molar-refractivity contribution in [3.63, 3.8) is 0 Å². The number of thioether (sulfide) groups is 1. The fourth-order valence-electron chi connectivity index (χ4n) is 3.80. The molecule has 2 amide bonds. The number of alkyl halides is 3. The summed E-state index contributed by atoms with van der Waals surface area (Å²) in [5, 5.41) is 3.80. The van der Waals surface area contributed by atoms with Crippen LogP contribution in [0.4, 0.5) is 45.3 Å². The molecule has 4 rings (SSSR count). The molecule has 0 radical (unpaired) electrons. The number of benzene rings is 2. The van der Waals surface area contributed by atoms with E-state index in [1.165, 1.54) is 12.1 Å². The zero-order valence-corrected chi connectivity index (χ0v) is 20.5. The van der Waals surface area contributed by atoms with Gasteiger partial charge in [-0.1, -0.05) is 0 Å². The van der Waals surface area contributed by atoms with Crippen LogP contribution >= 0.6 is 11.8 Å². The first-order chi connectivity index (χ1) is 17.6. The minimum Gasteiger partial charge on any atom is -0.423 e. The number of fused-ring (bicyclic) bond motifs is 1. The molecule has 0 aliphatic carbocycles. The van der Waals surface area contributed by atoms with Crippen LogP contribution in [0.1, 0.15) is 12.0 Å². The molecule has 5 N–H and O–H groups in total. The molecular formula is C24H24F4N6O2S. The van der Waals surface area contributed by atoms with E-state index in [0.29, 0.717) is 51.3 Å². The number of rotatable bonds is 8. The molecule has 0 saturated heterocycles. The van der Waals surface area contributed by atoms with Crippen LogP contribution in [0.2, 0.25) is 0 Å². The smallest absolute Gasteiger partial charge is 0.416 e. The van der Waals surface area contributed by atoms with E-state index in [1.54, 1.807) is 34.9 Å². The number of halogens is 4. The summed E-state index contributed by atoms with van der Waals surface area (Å²) in [6, 6.07) is 8.39. The maximum absolute atomic E-state index is 14.5. The molecule has 37 heavy (non-hydrogen) atoms. The quantitative estimate of drug-likeness (QED) is 0.297. The van der Waals surface area contributed by atoms with Crippen molar-refractivity contribution < 1.29 is 26.8 Å². The highest BCUT2D eigenvalue weighted by Gasteiger charge is 2.32. The van der Waals surface area contributed by atoms with E-state index in [-0.39, 0.29) is 12.4 Å². The molecule has 1 aromatic heterocycles. The number of amides is 2. The van der Waals surface area contributed by atoms with Crippen LogP contribution < -0.4 is 37.4 Å². The summed E-state index contributed by atoms with van der Waals surface area (Å²) in [6.07, 6.45) is -1.72. The average Bonchev–Trinajstić information content (AvgIpc) is 3.27. The Bertz CT molecular complexity index is 1410. The second kappa shape index (κ2) is 10.6. The first kappa shape index (κ1) is 26.2. The van der Waals surface area contributed by atoms with Gasteiger partial charge in [-0.15, -0.1) is 0 Å². The first-order valence-electron chi connectivity index (χ1n) is 11.1. The molecule has 0 bridgehead atoms. The Morgan fingerprint density at radius 3 is 2.59 bits per heavy atom. The Balaban J connectivity index is 1.61. The summed E-state index contributed by atoms with van der Waals surface area (Å²) in [4.78, 5) is 18.9. The molecule has 196 valence electrons. The Morgan fingerprint density at radius 2 is 1.95 bits per heavy atom. The van der Waals surface area contributed by atoms with Gasteiger partial charge in [-0.05, 0) is 60.9 Å². The SMILES string of the molecule is CSCCCNc1cc2c(o1)=NCN(c1ccc(N(C(N)=O)c3cc(C(F)(F)F)ccc3F)cc1)C=2N. The van der Waals surface area contributed by atoms with Gasteiger partial charge in [0.1, 0.15) is 18.3 Å². The number of urea groups is 1. The highest BCUT2D eigenvalue weighted by molar-refractivity contribution is 7.98. The van der Waals surface area contributed by atoms with Gasteiger partial charge in [-0.25, -0.2) is 14.2 Å². The number of carbonyl (C=O) groups excluding carboxylic acids is 1. The highest BCUT2D eigenvalue weighted by atomic mass is 32.2. The van der Waals surface area contributed by atoms with Crippen molar-refractivity contribution in [1.29, 1.82) is 0 Å². The third-order valence-corrected chi connectivity index (χ3v) is 6.31. The van der Waals surface area contributed by atoms with Gasteiger partial charge in [0.25, 0.3) is 0 Å². The molecule has 13 heteroatoms. The Labute approximate surface area is 213 Å². The molecule has 2 aromatic carbocycles. The molecule has 3 aromatic rings. The summed E-state index contributed by atoms with van der Waals surface area (Å²) >= 11 is 1.76. The predicted molar refractivity (Wildman–Crippen MR) is 135 cm³/mol. The number of furan rings is 1. The van der Waals surface area contributed by atoms with Crippen molar-refractivity contribution in [1.82, 2.24) is 0 Å². The molecular weight excluding hydrogens is 512 g/mol. The normalized spacial score (nSPS) is 13.2. The molecule has 0 spiro atoms. The van der Waals surface area contributed by atoms with E-state index < -0.39 is 29.3 Å². The lowest BCUT2D eigenvalue weighted by Crippen LogP contribution is -2.42. The van der Waals surface area contributed by atoms with Gasteiger partial charge >= 0.3 is 12.2 Å². The van der Waals surface area contributed by atoms with Gasteiger partial charge in [0.2, 0.25) is 5.55 Å². The molecule has 1 aliphatic heterocycles. The van der Waals surface area contributed by atoms with Crippen LogP contribution in [0.15, 0.2) is 57.9 Å². The van der Waals surface area contributed by atoms with Crippen LogP contribution in [0, 0.1) is 5.82 Å². The van der Waals surface area contributed by atoms with E-state index in [9.17, 15) is 22.4 Å². The summed E-state index contributed by atoms with van der Waals surface area (Å²) in [6.45, 7) is 0.889. The number of anilines is 4. The minimum absolute atomic E-state index is 0.0720. The Morgan fingerprint density at radius 1 is 1.22 bits per heavy atom. The lowest BCUT2D eigenvalue weighted by atomic mass is 10.1. The lowest BCUT2D eigenvalue weighted by molar-refractivity contribution is -0.137. The number of nitrogens with one attached hydrogen (secondary N) is 1. The predicted octanol–water partition coefficient (Wildman–Crippen LogP) is 3.94. The van der Waals surface area contributed by atoms with Crippen LogP contribution in [0.3, 0.4) is 0 Å². The zero-order chi connectivity index (χ0) is 26.7. The first-order valence-corrected chi connectivity index (χ1v) is 12.5. The zero-order valence-electron chi connectivity index (χ0n) is 19.7. The van der Waals surface area contributed by atoms with Crippen LogP contribution in [0.25, 0.3) is 5.82 Å². The van der Waals surface area contributed by atoms with Gasteiger partial charge in [-0.3, -0.25) is 4.90 Å². The minimum atomic E-state index is -4.73. The fraction of sp³-hybridized carbons (Fsp3) is 0.250. The second-order valence-electron chi connectivity index (χ2n) is 8.07. The number of primary amides is 1. The van der Waals surface area contributed by atoms with E-state index in [2.05, 4.69) is 10.3 Å². The number of nitrogens with two attached hydrogens (primary N) is 2. The third kappa shape index (κ3) is 5.61. The van der Waals surface area contributed by atoms with Gasteiger partial charge in [0.05, 0.1) is 22.2 Å². The molecule has 1 aliphatic rings. The number of carbonyl (C=O) groups is 1. The van der Waals surface area contributed by atoms with Crippen LogP contribution in [-0.4, -0.2) is 31.3 Å². The van der Waals surface area contributed by atoms with Crippen molar-refractivity contribution in [2.24, 2.45) is 16.5 Å². The van der Waals surface area contributed by atoms with E-state index in [4.69, 9.17) is 15.9 Å². The third-order valence-electron chi connectivity index (χ3n) is 5.61. The summed E-state index contributed by atoms with van der Waals surface area (Å²) < 4.78 is 59.7. The molecule has 0 unspecified atom stereocenters. The Kier molecular flexibility index (Phi) is 7.52. The topological polar surface area (TPSA) is 113 Å². The van der Waals surface area contributed by atoms with Crippen molar-refractivity contribution in [3.8, 4) is 0 Å². The van der Waals surface area contributed by atoms with Crippen LogP contribution in [0.5, 0.6) is 0 Å². The van der Waals surface area contributed by atoms with Crippen LogP contribution in [-0.2, 0) is 6.18 Å². The lowest BCUT2D eigenvalue weighted by Gasteiger charge is -2.26. The second-order valence-corrected chi connectivity index (χ2v) is 9.06. The maximum Gasteiger partial charge on any atom is 0.416 e. The summed E-state index contributed by atoms with van der Waals surface area (Å²) in [7, 11) is 0. The fourth-order valence-corrected chi connectivity index (χ4v) is 4.23. The van der Waals surface area contributed by atoms with E-state index in [1.807, 2.05) is 6.26 Å². The van der Waals surface area contributed by atoms with Crippen molar-refractivity contribution in [3.05, 3.63) is 70.7 Å². The van der Waals surface area contributed by atoms with Gasteiger partial charge in [0.15, 0.2) is 5.88 Å². The van der Waals surface area contributed by atoms with Crippen molar-refractivity contribution in [2.45, 2.75) is 12.6 Å². The standard InChI is InChI=1S/C24H24F4N6O2S/c1-37-10-2-9-31-20-12-17-21(29)33(13-32-22(17)36-20)15-4-6-16(7-5-15)34(23(30)35)19-11-14(24(26,27)28)3-8-18(19)25/h3-8,11-12,31H,2,9-10,13,29H2,1H3,(H2,30,35). The molecule has 0 fully saturated rings. The molecule has 0 saturated carbocycles. The summed E-state index contributed by atoms with van der Waals surface area (Å²) in [5.41, 5.74) is 11.1. The van der Waals surface area contributed by atoms with Crippen molar-refractivity contribution >= 4 is 46.6 Å². The largest absolute Gasteiger partial charge is 0.423 e. The number of hydrogen-bond acceptors (Lipinski definition) is 7. The molecule has 8 nitrogen and oxygen atoms in total. The monoisotopic (exact) mass is 536 g/mol. The summed E-state index contributed by atoms with van der Waals surface area (Å²) in [5.74, 6) is 0.918. The van der Waals surface area contributed by atoms with Crippen molar-refractivity contribution in [2.75, 3.05) is 40.3 Å². The number of hydrogen-bond donors (Lipinski definition) is 3. The Hall–Kier alpha value is -3.87. The van der Waals surface area contributed by atoms with Gasteiger partial charge in [-0.2, -0.15) is 24.9 Å². The van der Waals surface area contributed by atoms with Gasteiger partial charge < -0.3 is 26.1 Å². The molecule has 0 atom stereocenters. The van der Waals surface area contributed by atoms with E-state index in [0.717, 1.165) is 18.7 Å². The van der Waals surface area contributed by atoms with Gasteiger partial charge in [0, 0.05) is 18.3 Å². The average molecular weight is 537 g/mol. The highest BCUT2D eigenvalue weighted by Crippen LogP contribution is 2.36. The van der Waals surface area contributed by atoms with E-state index >= 15 is 0 Å².